The fourth-order valence-electron chi connectivity index (χ4n) is 1.06. The number of benzene rings is 1. The molecule has 17 heavy (non-hydrogen) atoms. The summed E-state index contributed by atoms with van der Waals surface area (Å²) in [5.41, 5.74) is -0.0768. The van der Waals surface area contributed by atoms with Gasteiger partial charge in [0.1, 0.15) is 5.82 Å². The van der Waals surface area contributed by atoms with Gasteiger partial charge < -0.3 is 20.8 Å². The first-order valence-electron chi connectivity index (χ1n) is 4.70. The van der Waals surface area contributed by atoms with E-state index in [2.05, 4.69) is 5.32 Å². The van der Waals surface area contributed by atoms with Crippen LogP contribution in [-0.2, 0) is 4.79 Å². The maximum Gasteiger partial charge on any atom is 0.328 e. The Hall–Kier alpha value is -2.15. The molecule has 0 radical (unpaired) electrons. The first kappa shape index (κ1) is 12.9. The largest absolute Gasteiger partial charge is 0.480 e. The van der Waals surface area contributed by atoms with Gasteiger partial charge in [0.15, 0.2) is 6.04 Å². The third-order valence-electron chi connectivity index (χ3n) is 1.91. The van der Waals surface area contributed by atoms with Gasteiger partial charge in [0.05, 0.1) is 12.3 Å². The number of carbonyl (C=O) groups is 2. The van der Waals surface area contributed by atoms with E-state index >= 15 is 0 Å². The lowest BCUT2D eigenvalue weighted by Crippen LogP contribution is -2.45. The normalized spacial score (nSPS) is 11.6. The zero-order valence-corrected chi connectivity index (χ0v) is 8.68. The maximum atomic E-state index is 13.1. The van der Waals surface area contributed by atoms with Crippen LogP contribution < -0.4 is 10.6 Å². The summed E-state index contributed by atoms with van der Waals surface area (Å²) in [4.78, 5) is 21.8. The third kappa shape index (κ3) is 3.72. The van der Waals surface area contributed by atoms with E-state index in [9.17, 15) is 14.0 Å². The summed E-state index contributed by atoms with van der Waals surface area (Å²) < 4.78 is 13.1. The Balaban J connectivity index is 2.61. The molecule has 0 saturated heterocycles. The number of urea groups is 1. The van der Waals surface area contributed by atoms with Gasteiger partial charge in [-0.2, -0.15) is 0 Å². The smallest absolute Gasteiger partial charge is 0.328 e. The van der Waals surface area contributed by atoms with E-state index in [4.69, 9.17) is 10.2 Å². The minimum atomic E-state index is -1.43. The lowest BCUT2D eigenvalue weighted by molar-refractivity contribution is -0.140. The van der Waals surface area contributed by atoms with Crippen molar-refractivity contribution in [3.63, 3.8) is 0 Å². The van der Waals surface area contributed by atoms with Crippen LogP contribution in [0.4, 0.5) is 14.9 Å². The van der Waals surface area contributed by atoms with Gasteiger partial charge in [-0.15, -0.1) is 0 Å². The van der Waals surface area contributed by atoms with Gasteiger partial charge >= 0.3 is 12.0 Å². The predicted molar refractivity (Wildman–Crippen MR) is 57.1 cm³/mol. The van der Waals surface area contributed by atoms with Crippen molar-refractivity contribution in [3.8, 4) is 0 Å². The first-order chi connectivity index (χ1) is 8.04. The molecule has 1 aromatic rings. The second-order valence-corrected chi connectivity index (χ2v) is 3.15. The molecule has 0 bridgehead atoms. The number of aliphatic hydroxyl groups is 1. The molecular formula is C10H11FN2O4. The number of aliphatic carboxylic acids is 1. The molecule has 7 heteroatoms. The summed E-state index contributed by atoms with van der Waals surface area (Å²) in [6.07, 6.45) is 0. The lowest BCUT2D eigenvalue weighted by atomic mass is 10.3. The molecule has 0 fully saturated rings. The zero-order chi connectivity index (χ0) is 12.8. The van der Waals surface area contributed by atoms with Crippen molar-refractivity contribution >= 4 is 17.7 Å². The van der Waals surface area contributed by atoms with Crippen LogP contribution in [-0.4, -0.2) is 34.9 Å². The van der Waals surface area contributed by atoms with E-state index in [1.807, 2.05) is 5.32 Å². The van der Waals surface area contributed by atoms with Crippen LogP contribution in [0.15, 0.2) is 24.3 Å². The Morgan fingerprint density at radius 3 is 2.53 bits per heavy atom. The monoisotopic (exact) mass is 242 g/mol. The van der Waals surface area contributed by atoms with Crippen LogP contribution in [0.2, 0.25) is 0 Å². The Morgan fingerprint density at radius 2 is 2.00 bits per heavy atom. The molecular weight excluding hydrogens is 231 g/mol. The number of hydrogen-bond donors (Lipinski definition) is 4. The Labute approximate surface area is 96.1 Å². The highest BCUT2D eigenvalue weighted by Crippen LogP contribution is 2.11. The Bertz CT molecular complexity index is 425. The van der Waals surface area contributed by atoms with Crippen molar-refractivity contribution in [2.45, 2.75) is 6.04 Å². The number of anilines is 1. The topological polar surface area (TPSA) is 98.7 Å². The van der Waals surface area contributed by atoms with E-state index in [0.717, 1.165) is 6.07 Å². The summed E-state index contributed by atoms with van der Waals surface area (Å²) in [5, 5.41) is 21.3. The number of carbonyl (C=O) groups excluding carboxylic acids is 1. The Kier molecular flexibility index (Phi) is 4.41. The van der Waals surface area contributed by atoms with Gasteiger partial charge in [0.25, 0.3) is 0 Å². The first-order valence-corrected chi connectivity index (χ1v) is 4.70. The van der Waals surface area contributed by atoms with Crippen molar-refractivity contribution in [2.75, 3.05) is 11.9 Å². The van der Waals surface area contributed by atoms with Gasteiger partial charge in [0, 0.05) is 0 Å². The SMILES string of the molecule is O=C(Nc1ccccc1F)N[C@H](CO)C(=O)O. The maximum absolute atomic E-state index is 13.1. The standard InChI is InChI=1S/C10H11FN2O4/c11-6-3-1-2-4-7(6)12-10(17)13-8(5-14)9(15)16/h1-4,8,14H,5H2,(H,15,16)(H2,12,13,17)/t8-/m1/s1. The molecule has 0 spiro atoms. The molecule has 1 atom stereocenters. The minimum Gasteiger partial charge on any atom is -0.480 e. The highest BCUT2D eigenvalue weighted by atomic mass is 19.1. The molecule has 4 N–H and O–H groups in total. The van der Waals surface area contributed by atoms with Crippen molar-refractivity contribution in [2.24, 2.45) is 0 Å². The van der Waals surface area contributed by atoms with Crippen LogP contribution in [0.5, 0.6) is 0 Å². The highest BCUT2D eigenvalue weighted by Gasteiger charge is 2.18. The number of amides is 2. The van der Waals surface area contributed by atoms with E-state index in [-0.39, 0.29) is 5.69 Å². The van der Waals surface area contributed by atoms with Gasteiger partial charge in [0.2, 0.25) is 0 Å². The number of aliphatic hydroxyl groups excluding tert-OH is 1. The number of para-hydroxylation sites is 1. The van der Waals surface area contributed by atoms with E-state index in [0.29, 0.717) is 0 Å². The van der Waals surface area contributed by atoms with Crippen molar-refractivity contribution < 1.29 is 24.2 Å². The van der Waals surface area contributed by atoms with Gasteiger partial charge in [-0.1, -0.05) is 12.1 Å². The molecule has 0 unspecified atom stereocenters. The van der Waals surface area contributed by atoms with Crippen molar-refractivity contribution in [1.82, 2.24) is 5.32 Å². The number of carboxylic acids is 1. The van der Waals surface area contributed by atoms with Crippen LogP contribution >= 0.6 is 0 Å². The number of hydrogen-bond acceptors (Lipinski definition) is 3. The molecule has 1 aromatic carbocycles. The quantitative estimate of drug-likeness (QED) is 0.614. The Morgan fingerprint density at radius 1 is 1.35 bits per heavy atom. The summed E-state index contributed by atoms with van der Waals surface area (Å²) in [5.74, 6) is -2.02. The number of nitrogens with one attached hydrogen (secondary N) is 2. The number of rotatable bonds is 4. The molecule has 1 rings (SSSR count). The van der Waals surface area contributed by atoms with Crippen LogP contribution in [0.3, 0.4) is 0 Å². The highest BCUT2D eigenvalue weighted by molar-refractivity contribution is 5.92. The molecule has 0 aliphatic rings. The molecule has 0 aromatic heterocycles. The van der Waals surface area contributed by atoms with E-state index < -0.39 is 30.5 Å². The van der Waals surface area contributed by atoms with E-state index in [1.54, 1.807) is 0 Å². The average Bonchev–Trinajstić information content (AvgIpc) is 2.28. The van der Waals surface area contributed by atoms with Crippen LogP contribution in [0, 0.1) is 5.82 Å². The summed E-state index contributed by atoms with van der Waals surface area (Å²) >= 11 is 0. The molecule has 0 saturated carbocycles. The van der Waals surface area contributed by atoms with E-state index in [1.165, 1.54) is 18.2 Å². The van der Waals surface area contributed by atoms with Gasteiger partial charge in [-0.3, -0.25) is 0 Å². The third-order valence-corrected chi connectivity index (χ3v) is 1.91. The average molecular weight is 242 g/mol. The van der Waals surface area contributed by atoms with Crippen LogP contribution in [0.25, 0.3) is 0 Å². The zero-order valence-electron chi connectivity index (χ0n) is 8.68. The van der Waals surface area contributed by atoms with Gasteiger partial charge in [-0.25, -0.2) is 14.0 Å². The predicted octanol–water partition coefficient (Wildman–Crippen LogP) is 0.393. The van der Waals surface area contributed by atoms with Crippen LogP contribution in [0.1, 0.15) is 0 Å². The molecule has 0 aliphatic heterocycles. The molecule has 0 heterocycles. The number of halogens is 1. The molecule has 0 aliphatic carbocycles. The second-order valence-electron chi connectivity index (χ2n) is 3.15. The second kappa shape index (κ2) is 5.80. The lowest BCUT2D eigenvalue weighted by Gasteiger charge is -2.12. The fraction of sp³-hybridized carbons (Fsp3) is 0.200. The molecule has 2 amide bonds. The number of carboxylic acid groups (broad SMARTS) is 1. The molecule has 92 valence electrons. The van der Waals surface area contributed by atoms with Crippen molar-refractivity contribution in [3.05, 3.63) is 30.1 Å². The summed E-state index contributed by atoms with van der Waals surface area (Å²) in [7, 11) is 0. The van der Waals surface area contributed by atoms with Crippen molar-refractivity contribution in [1.29, 1.82) is 0 Å². The molecule has 6 nitrogen and oxygen atoms in total. The fourth-order valence-corrected chi connectivity index (χ4v) is 1.06. The summed E-state index contributed by atoms with van der Waals surface area (Å²) in [6, 6.07) is 3.10. The minimum absolute atomic E-state index is 0.0768. The van der Waals surface area contributed by atoms with Gasteiger partial charge in [-0.05, 0) is 12.1 Å². The summed E-state index contributed by atoms with van der Waals surface area (Å²) in [6.45, 7) is -0.750.